The summed E-state index contributed by atoms with van der Waals surface area (Å²) >= 11 is 0. The van der Waals surface area contributed by atoms with Crippen LogP contribution >= 0.6 is 0 Å². The molecule has 0 aliphatic carbocycles. The van der Waals surface area contributed by atoms with Crippen LogP contribution in [0.25, 0.3) is 0 Å². The van der Waals surface area contributed by atoms with Gasteiger partial charge in [0.2, 0.25) is 0 Å². The minimum atomic E-state index is -3.59. The third-order valence-electron chi connectivity index (χ3n) is 3.60. The van der Waals surface area contributed by atoms with Crippen LogP contribution in [-0.2, 0) is 17.1 Å². The Bertz CT molecular complexity index is 755. The number of sulfonamides is 1. The van der Waals surface area contributed by atoms with Crippen molar-refractivity contribution in [2.45, 2.75) is 30.8 Å². The van der Waals surface area contributed by atoms with Crippen molar-refractivity contribution in [2.24, 2.45) is 7.05 Å². The smallest absolute Gasteiger partial charge is 0.262 e. The van der Waals surface area contributed by atoms with Crippen LogP contribution in [0.5, 0.6) is 0 Å². The molecule has 3 rings (SSSR count). The monoisotopic (exact) mass is 307 g/mol. The lowest BCUT2D eigenvalue weighted by atomic mass is 10.1. The molecule has 0 N–H and O–H groups in total. The highest BCUT2D eigenvalue weighted by Crippen LogP contribution is 2.35. The van der Waals surface area contributed by atoms with E-state index < -0.39 is 10.0 Å². The number of imidazole rings is 1. The summed E-state index contributed by atoms with van der Waals surface area (Å²) in [5, 5.41) is 0.0858. The Morgan fingerprint density at radius 3 is 2.81 bits per heavy atom. The van der Waals surface area contributed by atoms with E-state index in [1.165, 1.54) is 16.8 Å². The molecule has 2 aromatic heterocycles. The fourth-order valence-corrected chi connectivity index (χ4v) is 4.26. The Morgan fingerprint density at radius 1 is 1.33 bits per heavy atom. The predicted octanol–water partition coefficient (Wildman–Crippen LogP) is 1.04. The van der Waals surface area contributed by atoms with Crippen molar-refractivity contribution in [1.29, 1.82) is 0 Å². The van der Waals surface area contributed by atoms with Crippen LogP contribution < -0.4 is 0 Å². The second-order valence-corrected chi connectivity index (χ2v) is 7.02. The zero-order valence-electron chi connectivity index (χ0n) is 12.0. The number of aryl methyl sites for hydroxylation is 2. The van der Waals surface area contributed by atoms with Gasteiger partial charge in [-0.2, -0.15) is 4.31 Å². The molecule has 0 saturated carbocycles. The third kappa shape index (κ3) is 2.56. The number of rotatable bonds is 3. The van der Waals surface area contributed by atoms with E-state index in [2.05, 4.69) is 15.0 Å². The van der Waals surface area contributed by atoms with Gasteiger partial charge < -0.3 is 4.57 Å². The molecule has 2 aromatic rings. The minimum Gasteiger partial charge on any atom is -0.339 e. The first-order valence-corrected chi connectivity index (χ1v) is 8.22. The third-order valence-corrected chi connectivity index (χ3v) is 5.39. The normalized spacial score (nSPS) is 20.0. The Morgan fingerprint density at radius 2 is 2.14 bits per heavy atom. The lowest BCUT2D eigenvalue weighted by Gasteiger charge is -2.22. The van der Waals surface area contributed by atoms with E-state index >= 15 is 0 Å². The molecule has 112 valence electrons. The highest BCUT2D eigenvalue weighted by atomic mass is 32.2. The van der Waals surface area contributed by atoms with Gasteiger partial charge in [-0.3, -0.25) is 0 Å². The van der Waals surface area contributed by atoms with Gasteiger partial charge in [0.25, 0.3) is 10.0 Å². The highest BCUT2D eigenvalue weighted by Gasteiger charge is 2.38. The summed E-state index contributed by atoms with van der Waals surface area (Å²) in [7, 11) is -1.84. The number of aromatic nitrogens is 4. The Labute approximate surface area is 123 Å². The van der Waals surface area contributed by atoms with E-state index in [1.807, 2.05) is 0 Å². The molecule has 0 bridgehead atoms. The summed E-state index contributed by atoms with van der Waals surface area (Å²) in [6.07, 6.45) is 6.27. The molecule has 1 aliphatic heterocycles. The molecule has 1 fully saturated rings. The van der Waals surface area contributed by atoms with Crippen LogP contribution in [0.3, 0.4) is 0 Å². The first-order valence-electron chi connectivity index (χ1n) is 6.78. The molecule has 0 amide bonds. The van der Waals surface area contributed by atoms with E-state index in [-0.39, 0.29) is 11.1 Å². The number of nitrogens with zero attached hydrogens (tertiary/aromatic N) is 5. The molecule has 8 heteroatoms. The summed E-state index contributed by atoms with van der Waals surface area (Å²) < 4.78 is 28.6. The SMILES string of the molecule is Cc1nccc(C2CCCN2S(=O)(=O)c2cn(C)cn2)n1. The Hall–Kier alpha value is -1.80. The first kappa shape index (κ1) is 14.2. The average Bonchev–Trinajstić information content (AvgIpc) is 3.07. The second kappa shape index (κ2) is 5.19. The second-order valence-electron chi connectivity index (χ2n) is 5.18. The van der Waals surface area contributed by atoms with E-state index in [4.69, 9.17) is 0 Å². The Balaban J connectivity index is 1.97. The van der Waals surface area contributed by atoms with Crippen LogP contribution in [0.15, 0.2) is 29.8 Å². The van der Waals surface area contributed by atoms with Crippen LogP contribution in [0, 0.1) is 6.92 Å². The lowest BCUT2D eigenvalue weighted by molar-refractivity contribution is 0.388. The van der Waals surface area contributed by atoms with Gasteiger partial charge in [-0.15, -0.1) is 0 Å². The molecule has 3 heterocycles. The maximum absolute atomic E-state index is 12.7. The van der Waals surface area contributed by atoms with Crippen LogP contribution in [0.1, 0.15) is 30.4 Å². The molecular weight excluding hydrogens is 290 g/mol. The van der Waals surface area contributed by atoms with Crippen molar-refractivity contribution < 1.29 is 8.42 Å². The molecule has 1 atom stereocenters. The Kier molecular flexibility index (Phi) is 3.50. The van der Waals surface area contributed by atoms with Gasteiger partial charge in [0.05, 0.1) is 18.1 Å². The van der Waals surface area contributed by atoms with E-state index in [0.29, 0.717) is 12.4 Å². The maximum Gasteiger partial charge on any atom is 0.262 e. The molecular formula is C13H17N5O2S. The molecule has 0 spiro atoms. The molecule has 7 nitrogen and oxygen atoms in total. The van der Waals surface area contributed by atoms with Gasteiger partial charge in [-0.25, -0.2) is 23.4 Å². The summed E-state index contributed by atoms with van der Waals surface area (Å²) in [4.78, 5) is 12.4. The fraction of sp³-hybridized carbons (Fsp3) is 0.462. The van der Waals surface area contributed by atoms with Crippen molar-refractivity contribution in [3.63, 3.8) is 0 Å². The predicted molar refractivity (Wildman–Crippen MR) is 75.8 cm³/mol. The summed E-state index contributed by atoms with van der Waals surface area (Å²) in [6.45, 7) is 2.29. The van der Waals surface area contributed by atoms with Gasteiger partial charge in [0.1, 0.15) is 5.82 Å². The number of hydrogen-bond acceptors (Lipinski definition) is 5. The van der Waals surface area contributed by atoms with Gasteiger partial charge >= 0.3 is 0 Å². The largest absolute Gasteiger partial charge is 0.339 e. The topological polar surface area (TPSA) is 81.0 Å². The zero-order valence-corrected chi connectivity index (χ0v) is 12.8. The maximum atomic E-state index is 12.7. The molecule has 21 heavy (non-hydrogen) atoms. The van der Waals surface area contributed by atoms with Crippen LogP contribution in [0.4, 0.5) is 0 Å². The standard InChI is InChI=1S/C13H17N5O2S/c1-10-14-6-5-11(16-10)12-4-3-7-18(12)21(19,20)13-8-17(2)9-15-13/h5-6,8-9,12H,3-4,7H2,1-2H3. The van der Waals surface area contributed by atoms with E-state index in [0.717, 1.165) is 18.5 Å². The van der Waals surface area contributed by atoms with Crippen molar-refractivity contribution in [1.82, 2.24) is 23.8 Å². The van der Waals surface area contributed by atoms with Crippen molar-refractivity contribution in [3.05, 3.63) is 36.3 Å². The van der Waals surface area contributed by atoms with E-state index in [9.17, 15) is 8.42 Å². The molecule has 1 saturated heterocycles. The number of hydrogen-bond donors (Lipinski definition) is 0. The summed E-state index contributed by atoms with van der Waals surface area (Å²) in [5.74, 6) is 0.648. The van der Waals surface area contributed by atoms with E-state index in [1.54, 1.807) is 30.8 Å². The van der Waals surface area contributed by atoms with Crippen LogP contribution in [-0.4, -0.2) is 38.8 Å². The van der Waals surface area contributed by atoms with Gasteiger partial charge in [-0.05, 0) is 25.8 Å². The van der Waals surface area contributed by atoms with Gasteiger partial charge in [0, 0.05) is 26.0 Å². The summed E-state index contributed by atoms with van der Waals surface area (Å²) in [6, 6.07) is 1.54. The van der Waals surface area contributed by atoms with Crippen molar-refractivity contribution in [3.8, 4) is 0 Å². The quantitative estimate of drug-likeness (QED) is 0.846. The highest BCUT2D eigenvalue weighted by molar-refractivity contribution is 7.89. The molecule has 0 radical (unpaired) electrons. The average molecular weight is 307 g/mol. The van der Waals surface area contributed by atoms with Crippen molar-refractivity contribution >= 4 is 10.0 Å². The lowest BCUT2D eigenvalue weighted by Crippen LogP contribution is -2.31. The van der Waals surface area contributed by atoms with Gasteiger partial charge in [0.15, 0.2) is 5.03 Å². The zero-order chi connectivity index (χ0) is 15.0. The molecule has 1 aliphatic rings. The minimum absolute atomic E-state index is 0.0858. The fourth-order valence-electron chi connectivity index (χ4n) is 2.63. The first-order chi connectivity index (χ1) is 9.98. The van der Waals surface area contributed by atoms with Crippen molar-refractivity contribution in [2.75, 3.05) is 6.54 Å². The molecule has 1 unspecified atom stereocenters. The molecule has 0 aromatic carbocycles. The van der Waals surface area contributed by atoms with Crippen LogP contribution in [0.2, 0.25) is 0 Å². The van der Waals surface area contributed by atoms with Gasteiger partial charge in [-0.1, -0.05) is 0 Å². The summed E-state index contributed by atoms with van der Waals surface area (Å²) in [5.41, 5.74) is 0.750.